The summed E-state index contributed by atoms with van der Waals surface area (Å²) in [5.41, 5.74) is 3.49. The van der Waals surface area contributed by atoms with Crippen LogP contribution in [0.4, 0.5) is 5.69 Å². The minimum Gasteiger partial charge on any atom is -0.396 e. The second-order valence-electron chi connectivity index (χ2n) is 5.33. The summed E-state index contributed by atoms with van der Waals surface area (Å²) in [7, 11) is 0. The van der Waals surface area contributed by atoms with Gasteiger partial charge in [-0.15, -0.1) is 0 Å². The Balaban J connectivity index is 1.98. The Morgan fingerprint density at radius 1 is 1.00 bits per heavy atom. The van der Waals surface area contributed by atoms with Gasteiger partial charge >= 0.3 is 0 Å². The van der Waals surface area contributed by atoms with Crippen LogP contribution >= 0.6 is 23.2 Å². The molecule has 0 saturated heterocycles. The van der Waals surface area contributed by atoms with E-state index in [0.717, 1.165) is 22.5 Å². The minimum absolute atomic E-state index is 0.0303. The normalized spacial score (nSPS) is 12.1. The molecule has 0 amide bonds. The second-order valence-corrected chi connectivity index (χ2v) is 6.21. The molecule has 6 heteroatoms. The first-order valence-corrected chi connectivity index (χ1v) is 8.24. The van der Waals surface area contributed by atoms with Crippen LogP contribution in [-0.4, -0.2) is 16.9 Å². The molecule has 1 unspecified atom stereocenters. The topological polar surface area (TPSA) is 58.3 Å². The van der Waals surface area contributed by atoms with Gasteiger partial charge in [0.15, 0.2) is 0 Å². The highest BCUT2D eigenvalue weighted by molar-refractivity contribution is 6.30. The van der Waals surface area contributed by atoms with Crippen LogP contribution in [0.5, 0.6) is 0 Å². The number of halogens is 2. The molecule has 4 nitrogen and oxygen atoms in total. The lowest BCUT2D eigenvalue weighted by Crippen LogP contribution is -2.15. The summed E-state index contributed by atoms with van der Waals surface area (Å²) in [6.07, 6.45) is 2.04. The minimum atomic E-state index is -0.233. The van der Waals surface area contributed by atoms with Gasteiger partial charge in [-0.05, 0) is 42.0 Å². The van der Waals surface area contributed by atoms with Crippen molar-refractivity contribution in [2.24, 2.45) is 0 Å². The summed E-state index contributed by atoms with van der Waals surface area (Å²) in [6, 6.07) is 14.7. The van der Waals surface area contributed by atoms with Crippen LogP contribution in [0.1, 0.15) is 22.9 Å². The maximum atomic E-state index is 9.25. The molecule has 3 aromatic rings. The van der Waals surface area contributed by atoms with Crippen LogP contribution in [0, 0.1) is 0 Å². The average Bonchev–Trinajstić information content (AvgIpc) is 3.04. The molecule has 2 N–H and O–H groups in total. The molecular weight excluding hydrogens is 347 g/mol. The first kappa shape index (κ1) is 16.8. The van der Waals surface area contributed by atoms with Crippen molar-refractivity contribution in [1.29, 1.82) is 0 Å². The number of nitrogens with one attached hydrogen (secondary N) is 1. The van der Waals surface area contributed by atoms with E-state index in [1.54, 1.807) is 6.26 Å². The van der Waals surface area contributed by atoms with E-state index in [0.29, 0.717) is 16.5 Å². The molecule has 0 saturated carbocycles. The zero-order valence-electron chi connectivity index (χ0n) is 12.7. The summed E-state index contributed by atoms with van der Waals surface area (Å²) >= 11 is 11.9. The Labute approximate surface area is 150 Å². The lowest BCUT2D eigenvalue weighted by Gasteiger charge is -2.20. The van der Waals surface area contributed by atoms with E-state index in [2.05, 4.69) is 10.5 Å². The molecule has 2 aromatic carbocycles. The fraction of sp³-hybridized carbons (Fsp3) is 0.167. The number of rotatable bonds is 6. The summed E-state index contributed by atoms with van der Waals surface area (Å²) < 4.78 is 5.13. The van der Waals surface area contributed by atoms with Crippen molar-refractivity contribution in [3.63, 3.8) is 0 Å². The van der Waals surface area contributed by atoms with Crippen LogP contribution in [-0.2, 0) is 6.42 Å². The molecule has 3 rings (SSSR count). The summed E-state index contributed by atoms with van der Waals surface area (Å²) in [4.78, 5) is 0. The van der Waals surface area contributed by atoms with Gasteiger partial charge in [-0.1, -0.05) is 40.5 Å². The first-order chi connectivity index (χ1) is 11.7. The molecule has 24 heavy (non-hydrogen) atoms. The zero-order chi connectivity index (χ0) is 16.9. The van der Waals surface area contributed by atoms with Crippen molar-refractivity contribution < 1.29 is 9.63 Å². The van der Waals surface area contributed by atoms with Gasteiger partial charge in [0.1, 0.15) is 12.0 Å². The molecule has 0 aliphatic heterocycles. The largest absolute Gasteiger partial charge is 0.396 e. The van der Waals surface area contributed by atoms with Gasteiger partial charge in [0.05, 0.1) is 6.04 Å². The van der Waals surface area contributed by atoms with Gasteiger partial charge in [0.25, 0.3) is 0 Å². The highest BCUT2D eigenvalue weighted by Gasteiger charge is 2.21. The quantitative estimate of drug-likeness (QED) is 0.666. The number of aromatic nitrogens is 1. The molecule has 124 valence electrons. The van der Waals surface area contributed by atoms with E-state index in [1.165, 1.54) is 0 Å². The Bertz CT molecular complexity index is 786. The Morgan fingerprint density at radius 2 is 1.62 bits per heavy atom. The molecule has 0 aliphatic carbocycles. The molecule has 0 spiro atoms. The van der Waals surface area contributed by atoms with E-state index < -0.39 is 0 Å². The van der Waals surface area contributed by atoms with Gasteiger partial charge in [-0.25, -0.2) is 0 Å². The Hall–Kier alpha value is -2.01. The molecular formula is C18H16Cl2N2O2. The summed E-state index contributed by atoms with van der Waals surface area (Å²) in [5.74, 6) is 0. The summed E-state index contributed by atoms with van der Waals surface area (Å²) in [6.45, 7) is 0.0303. The Kier molecular flexibility index (Phi) is 5.41. The standard InChI is InChI=1S/C18H16Cl2N2O2/c19-14-3-1-12(2-4-14)17(18-13(9-10-23)11-24-22-18)21-16-7-5-15(20)6-8-16/h1-8,11,17,21,23H,9-10H2. The van der Waals surface area contributed by atoms with E-state index in [4.69, 9.17) is 27.7 Å². The lowest BCUT2D eigenvalue weighted by molar-refractivity contribution is 0.299. The van der Waals surface area contributed by atoms with Crippen molar-refractivity contribution >= 4 is 28.9 Å². The van der Waals surface area contributed by atoms with Crippen molar-refractivity contribution in [2.45, 2.75) is 12.5 Å². The fourth-order valence-electron chi connectivity index (χ4n) is 2.49. The van der Waals surface area contributed by atoms with Crippen molar-refractivity contribution in [3.05, 3.63) is 81.7 Å². The van der Waals surface area contributed by atoms with E-state index >= 15 is 0 Å². The van der Waals surface area contributed by atoms with Crippen LogP contribution in [0.2, 0.25) is 10.0 Å². The van der Waals surface area contributed by atoms with E-state index in [1.807, 2.05) is 48.5 Å². The van der Waals surface area contributed by atoms with Gasteiger partial charge < -0.3 is 14.9 Å². The monoisotopic (exact) mass is 362 g/mol. The van der Waals surface area contributed by atoms with Crippen LogP contribution in [0.15, 0.2) is 59.3 Å². The highest BCUT2D eigenvalue weighted by atomic mass is 35.5. The SMILES string of the molecule is OCCc1conc1C(Nc1ccc(Cl)cc1)c1ccc(Cl)cc1. The van der Waals surface area contributed by atoms with Crippen molar-refractivity contribution in [3.8, 4) is 0 Å². The average molecular weight is 363 g/mol. The predicted octanol–water partition coefficient (Wildman–Crippen LogP) is 4.72. The third kappa shape index (κ3) is 3.90. The number of benzene rings is 2. The number of anilines is 1. The highest BCUT2D eigenvalue weighted by Crippen LogP contribution is 2.29. The summed E-state index contributed by atoms with van der Waals surface area (Å²) in [5, 5.41) is 18.2. The number of aliphatic hydroxyl groups is 1. The van der Waals surface area contributed by atoms with Gasteiger partial charge in [0.2, 0.25) is 0 Å². The zero-order valence-corrected chi connectivity index (χ0v) is 14.3. The third-order valence-electron chi connectivity index (χ3n) is 3.69. The van der Waals surface area contributed by atoms with E-state index in [9.17, 15) is 5.11 Å². The molecule has 0 aliphatic rings. The van der Waals surface area contributed by atoms with Gasteiger partial charge in [-0.3, -0.25) is 0 Å². The van der Waals surface area contributed by atoms with Crippen molar-refractivity contribution in [2.75, 3.05) is 11.9 Å². The maximum Gasteiger partial charge on any atom is 0.127 e. The number of hydrogen-bond donors (Lipinski definition) is 2. The van der Waals surface area contributed by atoms with Crippen LogP contribution in [0.25, 0.3) is 0 Å². The van der Waals surface area contributed by atoms with Gasteiger partial charge in [0, 0.05) is 34.3 Å². The first-order valence-electron chi connectivity index (χ1n) is 7.49. The Morgan fingerprint density at radius 3 is 2.25 bits per heavy atom. The lowest BCUT2D eigenvalue weighted by atomic mass is 9.99. The number of nitrogens with zero attached hydrogens (tertiary/aromatic N) is 1. The molecule has 1 atom stereocenters. The molecule has 0 bridgehead atoms. The van der Waals surface area contributed by atoms with Crippen molar-refractivity contribution in [1.82, 2.24) is 5.16 Å². The molecule has 0 fully saturated rings. The fourth-order valence-corrected chi connectivity index (χ4v) is 2.74. The van der Waals surface area contributed by atoms with E-state index in [-0.39, 0.29) is 12.6 Å². The second kappa shape index (κ2) is 7.71. The molecule has 0 radical (unpaired) electrons. The third-order valence-corrected chi connectivity index (χ3v) is 4.19. The maximum absolute atomic E-state index is 9.25. The van der Waals surface area contributed by atoms with Crippen LogP contribution in [0.3, 0.4) is 0 Å². The van der Waals surface area contributed by atoms with Gasteiger partial charge in [-0.2, -0.15) is 0 Å². The molecule has 1 heterocycles. The van der Waals surface area contributed by atoms with Crippen LogP contribution < -0.4 is 5.32 Å². The predicted molar refractivity (Wildman–Crippen MR) is 95.7 cm³/mol. The number of aliphatic hydroxyl groups excluding tert-OH is 1. The number of hydrogen-bond acceptors (Lipinski definition) is 4. The molecule has 1 aromatic heterocycles. The smallest absolute Gasteiger partial charge is 0.127 e.